The zero-order valence-corrected chi connectivity index (χ0v) is 14.3. The first-order valence-corrected chi connectivity index (χ1v) is 8.79. The third kappa shape index (κ3) is 4.88. The van der Waals surface area contributed by atoms with Crippen LogP contribution >= 0.6 is 0 Å². The topological polar surface area (TPSA) is 25.2 Å². The van der Waals surface area contributed by atoms with E-state index in [1.807, 2.05) is 6.07 Å². The molecule has 1 saturated carbocycles. The monoisotopic (exact) mass is 291 g/mol. The van der Waals surface area contributed by atoms with Crippen LogP contribution in [0.4, 0.5) is 0 Å². The zero-order valence-electron chi connectivity index (χ0n) is 14.3. The molecule has 0 amide bonds. The molecule has 2 rings (SSSR count). The van der Waals surface area contributed by atoms with E-state index in [1.165, 1.54) is 32.1 Å². The van der Waals surface area contributed by atoms with E-state index in [-0.39, 0.29) is 0 Å². The Hall–Kier alpha value is -0.760. The summed E-state index contributed by atoms with van der Waals surface area (Å²) in [6.45, 7) is 9.53. The number of hydrogen-bond donors (Lipinski definition) is 1. The molecule has 0 radical (unpaired) electrons. The molecule has 2 nitrogen and oxygen atoms in total. The molecular weight excluding hydrogens is 258 g/mol. The lowest BCUT2D eigenvalue weighted by Gasteiger charge is -2.39. The van der Waals surface area contributed by atoms with Gasteiger partial charge in [-0.3, -0.25) is 0 Å². The Balaban J connectivity index is 1.68. The van der Waals surface area contributed by atoms with Crippen molar-refractivity contribution in [3.63, 3.8) is 0 Å². The largest absolute Gasteiger partial charge is 0.469 e. The highest BCUT2D eigenvalue weighted by Crippen LogP contribution is 2.40. The standard InChI is InChI=1S/C19H33NO/c1-5-19(3,4)16-9-11-17(12-10-16)20-15(2)8-13-18-7-6-14-21-18/h6-7,14-17,20H,5,8-13H2,1-4H3. The fourth-order valence-electron chi connectivity index (χ4n) is 3.63. The minimum Gasteiger partial charge on any atom is -0.469 e. The quantitative estimate of drug-likeness (QED) is 0.748. The molecule has 0 bridgehead atoms. The molecule has 21 heavy (non-hydrogen) atoms. The highest BCUT2D eigenvalue weighted by molar-refractivity contribution is 4.98. The summed E-state index contributed by atoms with van der Waals surface area (Å²) in [7, 11) is 0. The predicted octanol–water partition coefficient (Wildman–Crippen LogP) is 5.19. The lowest BCUT2D eigenvalue weighted by Crippen LogP contribution is -2.41. The van der Waals surface area contributed by atoms with Crippen molar-refractivity contribution in [3.8, 4) is 0 Å². The molecule has 1 unspecified atom stereocenters. The van der Waals surface area contributed by atoms with Crippen LogP contribution in [0.25, 0.3) is 0 Å². The summed E-state index contributed by atoms with van der Waals surface area (Å²) in [4.78, 5) is 0. The van der Waals surface area contributed by atoms with E-state index in [0.29, 0.717) is 11.5 Å². The molecule has 1 fully saturated rings. The van der Waals surface area contributed by atoms with Gasteiger partial charge in [0.2, 0.25) is 0 Å². The van der Waals surface area contributed by atoms with Gasteiger partial charge >= 0.3 is 0 Å². The van der Waals surface area contributed by atoms with Crippen LogP contribution in [0.3, 0.4) is 0 Å². The molecule has 2 heteroatoms. The van der Waals surface area contributed by atoms with Crippen LogP contribution in [0.1, 0.15) is 72.0 Å². The Bertz CT molecular complexity index is 388. The molecule has 1 heterocycles. The summed E-state index contributed by atoms with van der Waals surface area (Å²) in [5.41, 5.74) is 0.524. The second-order valence-corrected chi connectivity index (χ2v) is 7.58. The maximum atomic E-state index is 5.41. The van der Waals surface area contributed by atoms with Crippen molar-refractivity contribution in [2.24, 2.45) is 11.3 Å². The van der Waals surface area contributed by atoms with E-state index in [9.17, 15) is 0 Å². The highest BCUT2D eigenvalue weighted by atomic mass is 16.3. The molecule has 1 aromatic heterocycles. The summed E-state index contributed by atoms with van der Waals surface area (Å²) in [6, 6.07) is 5.35. The Morgan fingerprint density at radius 1 is 1.29 bits per heavy atom. The van der Waals surface area contributed by atoms with Gasteiger partial charge in [-0.1, -0.05) is 27.2 Å². The molecule has 0 saturated heterocycles. The van der Waals surface area contributed by atoms with Crippen LogP contribution in [0.2, 0.25) is 0 Å². The van der Waals surface area contributed by atoms with Crippen LogP contribution in [0.15, 0.2) is 22.8 Å². The van der Waals surface area contributed by atoms with E-state index in [0.717, 1.165) is 30.6 Å². The molecule has 1 atom stereocenters. The molecule has 0 aliphatic heterocycles. The first kappa shape index (κ1) is 16.6. The van der Waals surface area contributed by atoms with Gasteiger partial charge in [0.25, 0.3) is 0 Å². The first-order chi connectivity index (χ1) is 10.0. The van der Waals surface area contributed by atoms with E-state index in [1.54, 1.807) is 6.26 Å². The van der Waals surface area contributed by atoms with Crippen LogP contribution < -0.4 is 5.32 Å². The maximum Gasteiger partial charge on any atom is 0.103 e. The lowest BCUT2D eigenvalue weighted by molar-refractivity contribution is 0.134. The van der Waals surface area contributed by atoms with E-state index < -0.39 is 0 Å². The van der Waals surface area contributed by atoms with Crippen molar-refractivity contribution in [3.05, 3.63) is 24.2 Å². The number of hydrogen-bond acceptors (Lipinski definition) is 2. The Kier molecular flexibility index (Phi) is 5.92. The van der Waals surface area contributed by atoms with Gasteiger partial charge in [-0.2, -0.15) is 0 Å². The highest BCUT2D eigenvalue weighted by Gasteiger charge is 2.31. The van der Waals surface area contributed by atoms with Gasteiger partial charge in [0.15, 0.2) is 0 Å². The van der Waals surface area contributed by atoms with Crippen molar-refractivity contribution < 1.29 is 4.42 Å². The summed E-state index contributed by atoms with van der Waals surface area (Å²) in [5, 5.41) is 3.83. The second-order valence-electron chi connectivity index (χ2n) is 7.58. The predicted molar refractivity (Wildman–Crippen MR) is 89.4 cm³/mol. The van der Waals surface area contributed by atoms with Gasteiger partial charge < -0.3 is 9.73 Å². The summed E-state index contributed by atoms with van der Waals surface area (Å²) >= 11 is 0. The van der Waals surface area contributed by atoms with Gasteiger partial charge in [-0.05, 0) is 62.5 Å². The summed E-state index contributed by atoms with van der Waals surface area (Å²) in [6.07, 6.45) is 10.7. The third-order valence-electron chi connectivity index (χ3n) is 5.67. The summed E-state index contributed by atoms with van der Waals surface area (Å²) < 4.78 is 5.41. The van der Waals surface area contributed by atoms with Crippen molar-refractivity contribution in [1.82, 2.24) is 5.32 Å². The minimum atomic E-state index is 0.524. The van der Waals surface area contributed by atoms with Crippen LogP contribution in [0, 0.1) is 11.3 Å². The third-order valence-corrected chi connectivity index (χ3v) is 5.67. The van der Waals surface area contributed by atoms with Crippen LogP contribution in [0.5, 0.6) is 0 Å². The Morgan fingerprint density at radius 2 is 2.00 bits per heavy atom. The summed E-state index contributed by atoms with van der Waals surface area (Å²) in [5.74, 6) is 2.02. The molecule has 1 aliphatic rings. The SMILES string of the molecule is CCC(C)(C)C1CCC(NC(C)CCc2ccco2)CC1. The van der Waals surface area contributed by atoms with Crippen LogP contribution in [-0.4, -0.2) is 12.1 Å². The van der Waals surface area contributed by atoms with Gasteiger partial charge in [-0.25, -0.2) is 0 Å². The molecule has 1 aromatic rings. The number of aryl methyl sites for hydroxylation is 1. The first-order valence-electron chi connectivity index (χ1n) is 8.79. The fraction of sp³-hybridized carbons (Fsp3) is 0.789. The van der Waals surface area contributed by atoms with Crippen molar-refractivity contribution in [2.45, 2.75) is 84.7 Å². The zero-order chi connectivity index (χ0) is 15.3. The number of nitrogens with one attached hydrogen (secondary N) is 1. The Labute approximate surface area is 130 Å². The smallest absolute Gasteiger partial charge is 0.103 e. The lowest BCUT2D eigenvalue weighted by atomic mass is 9.69. The average molecular weight is 291 g/mol. The minimum absolute atomic E-state index is 0.524. The van der Waals surface area contributed by atoms with Crippen molar-refractivity contribution >= 4 is 0 Å². The molecule has 0 aromatic carbocycles. The van der Waals surface area contributed by atoms with Crippen molar-refractivity contribution in [2.75, 3.05) is 0 Å². The normalized spacial score (nSPS) is 25.0. The molecule has 0 spiro atoms. The van der Waals surface area contributed by atoms with Gasteiger partial charge in [-0.15, -0.1) is 0 Å². The number of rotatable bonds is 7. The van der Waals surface area contributed by atoms with E-state index in [4.69, 9.17) is 4.42 Å². The number of furan rings is 1. The second kappa shape index (κ2) is 7.49. The fourth-order valence-corrected chi connectivity index (χ4v) is 3.63. The molecule has 120 valence electrons. The molecular formula is C19H33NO. The van der Waals surface area contributed by atoms with E-state index >= 15 is 0 Å². The average Bonchev–Trinajstić information content (AvgIpc) is 2.99. The maximum absolute atomic E-state index is 5.41. The molecule has 1 aliphatic carbocycles. The van der Waals surface area contributed by atoms with Crippen molar-refractivity contribution in [1.29, 1.82) is 0 Å². The Morgan fingerprint density at radius 3 is 2.57 bits per heavy atom. The van der Waals surface area contributed by atoms with Gasteiger partial charge in [0.05, 0.1) is 6.26 Å². The van der Waals surface area contributed by atoms with Gasteiger partial charge in [0.1, 0.15) is 5.76 Å². The van der Waals surface area contributed by atoms with Crippen LogP contribution in [-0.2, 0) is 6.42 Å². The molecule has 1 N–H and O–H groups in total. The van der Waals surface area contributed by atoms with Gasteiger partial charge in [0, 0.05) is 18.5 Å². The van der Waals surface area contributed by atoms with E-state index in [2.05, 4.69) is 39.1 Å².